The van der Waals surface area contributed by atoms with Gasteiger partial charge in [-0.1, -0.05) is 0 Å². The number of nitrogens with one attached hydrogen (secondary N) is 1. The number of rotatable bonds is 4. The molecule has 2 aromatic rings. The summed E-state index contributed by atoms with van der Waals surface area (Å²) in [5.41, 5.74) is 0.389. The maximum atomic E-state index is 11.3. The summed E-state index contributed by atoms with van der Waals surface area (Å²) in [4.78, 5) is 18.1. The number of methoxy groups -OCH3 is 3. The van der Waals surface area contributed by atoms with Crippen LogP contribution < -0.4 is 19.8 Å². The Morgan fingerprint density at radius 3 is 2.21 bits per heavy atom. The van der Waals surface area contributed by atoms with E-state index in [2.05, 4.69) is 9.97 Å². The molecule has 0 spiro atoms. The lowest BCUT2D eigenvalue weighted by atomic mass is 10.1. The first-order chi connectivity index (χ1) is 9.19. The van der Waals surface area contributed by atoms with Crippen molar-refractivity contribution in [3.05, 3.63) is 34.7 Å². The summed E-state index contributed by atoms with van der Waals surface area (Å²) in [6, 6.07) is 4.73. The lowest BCUT2D eigenvalue weighted by Crippen LogP contribution is -2.06. The van der Waals surface area contributed by atoms with Crippen LogP contribution in [-0.4, -0.2) is 31.3 Å². The number of hydrogen-bond donors (Lipinski definition) is 1. The van der Waals surface area contributed by atoms with Crippen LogP contribution >= 0.6 is 0 Å². The molecule has 0 aliphatic rings. The molecule has 0 unspecified atom stereocenters. The van der Waals surface area contributed by atoms with Gasteiger partial charge in [-0.15, -0.1) is 0 Å². The molecule has 0 aliphatic carbocycles. The van der Waals surface area contributed by atoms with Crippen molar-refractivity contribution in [3.63, 3.8) is 0 Å². The molecular weight excluding hydrogens is 248 g/mol. The molecule has 1 heterocycles. The fourth-order valence-electron chi connectivity index (χ4n) is 1.72. The van der Waals surface area contributed by atoms with Crippen molar-refractivity contribution in [2.45, 2.75) is 0 Å². The normalized spacial score (nSPS) is 10.1. The number of aromatic nitrogens is 2. The maximum absolute atomic E-state index is 11.3. The van der Waals surface area contributed by atoms with Crippen LogP contribution in [0.1, 0.15) is 0 Å². The van der Waals surface area contributed by atoms with Gasteiger partial charge >= 0.3 is 0 Å². The molecule has 1 aromatic heterocycles. The van der Waals surface area contributed by atoms with E-state index in [4.69, 9.17) is 14.2 Å². The van der Waals surface area contributed by atoms with Crippen molar-refractivity contribution < 1.29 is 14.2 Å². The van der Waals surface area contributed by atoms with Crippen LogP contribution in [0.5, 0.6) is 17.2 Å². The van der Waals surface area contributed by atoms with Gasteiger partial charge in [0.25, 0.3) is 5.56 Å². The van der Waals surface area contributed by atoms with E-state index in [1.54, 1.807) is 19.2 Å². The van der Waals surface area contributed by atoms with Crippen LogP contribution in [0.25, 0.3) is 11.4 Å². The Labute approximate surface area is 110 Å². The third-order valence-electron chi connectivity index (χ3n) is 2.63. The Morgan fingerprint density at radius 1 is 1.00 bits per heavy atom. The molecule has 6 heteroatoms. The summed E-state index contributed by atoms with van der Waals surface area (Å²) < 4.78 is 15.7. The van der Waals surface area contributed by atoms with E-state index < -0.39 is 0 Å². The summed E-state index contributed by atoms with van der Waals surface area (Å²) >= 11 is 0. The average Bonchev–Trinajstić information content (AvgIpc) is 2.45. The molecule has 6 nitrogen and oxygen atoms in total. The predicted molar refractivity (Wildman–Crippen MR) is 69.9 cm³/mol. The number of aromatic amines is 1. The topological polar surface area (TPSA) is 73.4 Å². The summed E-state index contributed by atoms with van der Waals surface area (Å²) in [5.74, 6) is 2.02. The van der Waals surface area contributed by atoms with Crippen LogP contribution in [0.4, 0.5) is 0 Å². The monoisotopic (exact) mass is 262 g/mol. The van der Waals surface area contributed by atoms with Gasteiger partial charge in [-0.05, 0) is 6.07 Å². The van der Waals surface area contributed by atoms with E-state index >= 15 is 0 Å². The highest BCUT2D eigenvalue weighted by Crippen LogP contribution is 2.38. The van der Waals surface area contributed by atoms with E-state index in [1.165, 1.54) is 26.5 Å². The lowest BCUT2D eigenvalue weighted by Gasteiger charge is -2.13. The molecule has 1 aromatic carbocycles. The molecule has 19 heavy (non-hydrogen) atoms. The first-order valence-corrected chi connectivity index (χ1v) is 5.55. The number of ether oxygens (including phenoxy) is 3. The van der Waals surface area contributed by atoms with Gasteiger partial charge < -0.3 is 19.2 Å². The first-order valence-electron chi connectivity index (χ1n) is 5.55. The molecule has 0 atom stereocenters. The fourth-order valence-corrected chi connectivity index (χ4v) is 1.72. The molecule has 0 aliphatic heterocycles. The standard InChI is InChI=1S/C13H14N2O4/c1-17-9-7-11(19-3)10(18-2)6-8(9)13-14-5-4-12(16)15-13/h4-7H,1-3H3,(H,14,15,16). The highest BCUT2D eigenvalue weighted by atomic mass is 16.5. The van der Waals surface area contributed by atoms with Gasteiger partial charge in [0.2, 0.25) is 0 Å². The molecule has 0 saturated heterocycles. The number of benzene rings is 1. The van der Waals surface area contributed by atoms with Gasteiger partial charge in [-0.2, -0.15) is 0 Å². The van der Waals surface area contributed by atoms with Gasteiger partial charge in [-0.25, -0.2) is 4.98 Å². The minimum absolute atomic E-state index is 0.234. The van der Waals surface area contributed by atoms with E-state index in [-0.39, 0.29) is 5.56 Å². The van der Waals surface area contributed by atoms with Crippen molar-refractivity contribution in [3.8, 4) is 28.6 Å². The second-order valence-electron chi connectivity index (χ2n) is 3.69. The first kappa shape index (κ1) is 12.9. The Kier molecular flexibility index (Phi) is 3.70. The molecule has 100 valence electrons. The summed E-state index contributed by atoms with van der Waals surface area (Å²) in [7, 11) is 4.61. The Bertz CT molecular complexity index is 637. The van der Waals surface area contributed by atoms with Crippen LogP contribution in [0.3, 0.4) is 0 Å². The van der Waals surface area contributed by atoms with Crippen LogP contribution in [-0.2, 0) is 0 Å². The van der Waals surface area contributed by atoms with Crippen molar-refractivity contribution >= 4 is 0 Å². The maximum Gasteiger partial charge on any atom is 0.251 e. The third-order valence-corrected chi connectivity index (χ3v) is 2.63. The van der Waals surface area contributed by atoms with Gasteiger partial charge in [-0.3, -0.25) is 4.79 Å². The highest BCUT2D eigenvalue weighted by molar-refractivity contribution is 5.69. The van der Waals surface area contributed by atoms with E-state index in [1.807, 2.05) is 0 Å². The molecule has 0 fully saturated rings. The van der Waals surface area contributed by atoms with Gasteiger partial charge in [0, 0.05) is 18.3 Å². The quantitative estimate of drug-likeness (QED) is 0.903. The molecular formula is C13H14N2O4. The summed E-state index contributed by atoms with van der Waals surface area (Å²) in [6.45, 7) is 0. The second kappa shape index (κ2) is 5.43. The largest absolute Gasteiger partial charge is 0.496 e. The van der Waals surface area contributed by atoms with Crippen LogP contribution in [0, 0.1) is 0 Å². The number of hydrogen-bond acceptors (Lipinski definition) is 5. The average molecular weight is 262 g/mol. The van der Waals surface area contributed by atoms with Crippen LogP contribution in [0.15, 0.2) is 29.2 Å². The number of nitrogens with zero attached hydrogens (tertiary/aromatic N) is 1. The SMILES string of the molecule is COc1cc(OC)c(-c2nccc(=O)[nH]2)cc1OC. The minimum Gasteiger partial charge on any atom is -0.496 e. The molecule has 1 N–H and O–H groups in total. The smallest absolute Gasteiger partial charge is 0.251 e. The zero-order valence-corrected chi connectivity index (χ0v) is 10.9. The Morgan fingerprint density at radius 2 is 1.63 bits per heavy atom. The zero-order chi connectivity index (χ0) is 13.8. The van der Waals surface area contributed by atoms with E-state index in [0.29, 0.717) is 28.6 Å². The highest BCUT2D eigenvalue weighted by Gasteiger charge is 2.14. The third kappa shape index (κ3) is 2.52. The predicted octanol–water partition coefficient (Wildman–Crippen LogP) is 1.46. The zero-order valence-electron chi connectivity index (χ0n) is 10.9. The molecule has 0 amide bonds. The van der Waals surface area contributed by atoms with Gasteiger partial charge in [0.15, 0.2) is 11.5 Å². The molecule has 0 bridgehead atoms. The van der Waals surface area contributed by atoms with E-state index in [0.717, 1.165) is 0 Å². The lowest BCUT2D eigenvalue weighted by molar-refractivity contribution is 0.349. The minimum atomic E-state index is -0.234. The fraction of sp³-hybridized carbons (Fsp3) is 0.231. The number of H-pyrrole nitrogens is 1. The van der Waals surface area contributed by atoms with Crippen LogP contribution in [0.2, 0.25) is 0 Å². The Hall–Kier alpha value is -2.50. The van der Waals surface area contributed by atoms with Crippen molar-refractivity contribution in [2.75, 3.05) is 21.3 Å². The summed E-state index contributed by atoms with van der Waals surface area (Å²) in [6.07, 6.45) is 1.43. The summed E-state index contributed by atoms with van der Waals surface area (Å²) in [5, 5.41) is 0. The van der Waals surface area contributed by atoms with E-state index in [9.17, 15) is 4.79 Å². The molecule has 2 rings (SSSR count). The molecule has 0 radical (unpaired) electrons. The molecule has 0 saturated carbocycles. The second-order valence-corrected chi connectivity index (χ2v) is 3.69. The van der Waals surface area contributed by atoms with Crippen molar-refractivity contribution in [1.82, 2.24) is 9.97 Å². The van der Waals surface area contributed by atoms with Gasteiger partial charge in [0.05, 0.1) is 26.9 Å². The van der Waals surface area contributed by atoms with Gasteiger partial charge in [0.1, 0.15) is 11.6 Å². The Balaban J connectivity index is 2.64. The van der Waals surface area contributed by atoms with Crippen molar-refractivity contribution in [2.24, 2.45) is 0 Å². The van der Waals surface area contributed by atoms with Crippen molar-refractivity contribution in [1.29, 1.82) is 0 Å².